The van der Waals surface area contributed by atoms with Gasteiger partial charge < -0.3 is 16.0 Å². The quantitative estimate of drug-likeness (QED) is 0.611. The maximum absolute atomic E-state index is 12.0. The zero-order valence-corrected chi connectivity index (χ0v) is 16.9. The average Bonchev–Trinajstić information content (AvgIpc) is 2.66. The molecule has 0 bridgehead atoms. The number of rotatable bonds is 8. The lowest BCUT2D eigenvalue weighted by molar-refractivity contribution is -0.125. The molecule has 0 unspecified atom stereocenters. The molecule has 0 saturated carbocycles. The van der Waals surface area contributed by atoms with Gasteiger partial charge in [-0.1, -0.05) is 47.5 Å². The number of halogens is 2. The van der Waals surface area contributed by atoms with Crippen molar-refractivity contribution in [1.82, 2.24) is 16.0 Å². The van der Waals surface area contributed by atoms with Gasteiger partial charge in [-0.2, -0.15) is 0 Å². The first-order chi connectivity index (χ1) is 13.4. The normalized spacial score (nSPS) is 10.2. The van der Waals surface area contributed by atoms with Gasteiger partial charge in [0.25, 0.3) is 5.91 Å². The first kappa shape index (κ1) is 21.7. The molecule has 0 saturated heterocycles. The molecule has 0 aliphatic carbocycles. The molecule has 2 rings (SSSR count). The van der Waals surface area contributed by atoms with Crippen LogP contribution in [0.2, 0.25) is 10.0 Å². The molecule has 0 aliphatic rings. The fraction of sp³-hybridized carbons (Fsp3) is 0.250. The van der Waals surface area contributed by atoms with Gasteiger partial charge in [0.1, 0.15) is 0 Å². The number of nitrogens with one attached hydrogen (secondary N) is 3. The highest BCUT2D eigenvalue weighted by Gasteiger charge is 2.12. The summed E-state index contributed by atoms with van der Waals surface area (Å²) in [5.74, 6) is -1.28. The van der Waals surface area contributed by atoms with Crippen LogP contribution in [0.15, 0.2) is 42.5 Å². The Labute approximate surface area is 173 Å². The molecular weight excluding hydrogens is 401 g/mol. The maximum Gasteiger partial charge on any atom is 0.253 e. The second-order valence-corrected chi connectivity index (χ2v) is 6.95. The van der Waals surface area contributed by atoms with Gasteiger partial charge in [-0.3, -0.25) is 14.4 Å². The van der Waals surface area contributed by atoms with E-state index in [4.69, 9.17) is 23.2 Å². The minimum Gasteiger partial charge on any atom is -0.354 e. The molecule has 3 N–H and O–H groups in total. The van der Waals surface area contributed by atoms with E-state index in [-0.39, 0.29) is 29.6 Å². The molecule has 0 heterocycles. The zero-order chi connectivity index (χ0) is 20.5. The molecule has 0 aliphatic heterocycles. The maximum atomic E-state index is 12.0. The largest absolute Gasteiger partial charge is 0.354 e. The first-order valence-electron chi connectivity index (χ1n) is 8.68. The van der Waals surface area contributed by atoms with Crippen molar-refractivity contribution < 1.29 is 14.4 Å². The van der Waals surface area contributed by atoms with E-state index in [1.807, 2.05) is 31.2 Å². The summed E-state index contributed by atoms with van der Waals surface area (Å²) >= 11 is 11.7. The fourth-order valence-corrected chi connectivity index (χ4v) is 2.95. The highest BCUT2D eigenvalue weighted by molar-refractivity contribution is 6.36. The Hall–Kier alpha value is -2.57. The third-order valence-corrected chi connectivity index (χ3v) is 4.56. The lowest BCUT2D eigenvalue weighted by Gasteiger charge is -2.09. The van der Waals surface area contributed by atoms with Crippen LogP contribution in [0.1, 0.15) is 21.5 Å². The third kappa shape index (κ3) is 6.87. The molecule has 8 heteroatoms. The number of aryl methyl sites for hydroxylation is 1. The Bertz CT molecular complexity index is 872. The monoisotopic (exact) mass is 421 g/mol. The van der Waals surface area contributed by atoms with Crippen LogP contribution >= 0.6 is 23.2 Å². The summed E-state index contributed by atoms with van der Waals surface area (Å²) in [4.78, 5) is 35.6. The summed E-state index contributed by atoms with van der Waals surface area (Å²) in [6.45, 7) is 2.06. The lowest BCUT2D eigenvalue weighted by Crippen LogP contribution is -2.42. The van der Waals surface area contributed by atoms with Gasteiger partial charge in [0, 0.05) is 11.6 Å². The molecule has 0 fully saturated rings. The van der Waals surface area contributed by atoms with E-state index in [1.54, 1.807) is 0 Å². The van der Waals surface area contributed by atoms with Crippen LogP contribution in [0.25, 0.3) is 0 Å². The summed E-state index contributed by atoms with van der Waals surface area (Å²) in [6.07, 6.45) is 0.713. The number of amides is 3. The first-order valence-corrected chi connectivity index (χ1v) is 9.43. The molecule has 6 nitrogen and oxygen atoms in total. The summed E-state index contributed by atoms with van der Waals surface area (Å²) < 4.78 is 0. The van der Waals surface area contributed by atoms with E-state index in [9.17, 15) is 14.4 Å². The van der Waals surface area contributed by atoms with Gasteiger partial charge in [0.05, 0.1) is 23.7 Å². The standard InChI is InChI=1S/C20H21Cl2N3O3/c1-13-4-2-3-5-14(13)8-9-23-18(26)11-24-19(27)12-25-20(28)16-7-6-15(21)10-17(16)22/h2-7,10H,8-9,11-12H2,1H3,(H,23,26)(H,24,27)(H,25,28). The van der Waals surface area contributed by atoms with Crippen molar-refractivity contribution in [1.29, 1.82) is 0 Å². The molecule has 0 radical (unpaired) electrons. The van der Waals surface area contributed by atoms with E-state index in [2.05, 4.69) is 16.0 Å². The van der Waals surface area contributed by atoms with Gasteiger partial charge >= 0.3 is 0 Å². The second kappa shape index (κ2) is 10.7. The number of hydrogen-bond donors (Lipinski definition) is 3. The predicted molar refractivity (Wildman–Crippen MR) is 110 cm³/mol. The van der Waals surface area contributed by atoms with Crippen LogP contribution in [0.5, 0.6) is 0 Å². The van der Waals surface area contributed by atoms with Crippen molar-refractivity contribution in [2.75, 3.05) is 19.6 Å². The molecule has 0 spiro atoms. The Morgan fingerprint density at radius 2 is 1.57 bits per heavy atom. The highest BCUT2D eigenvalue weighted by Crippen LogP contribution is 2.20. The van der Waals surface area contributed by atoms with Crippen molar-refractivity contribution in [2.45, 2.75) is 13.3 Å². The number of hydrogen-bond acceptors (Lipinski definition) is 3. The number of carbonyl (C=O) groups excluding carboxylic acids is 3. The van der Waals surface area contributed by atoms with E-state index in [0.717, 1.165) is 5.56 Å². The van der Waals surface area contributed by atoms with Crippen molar-refractivity contribution in [2.24, 2.45) is 0 Å². The van der Waals surface area contributed by atoms with Crippen molar-refractivity contribution in [3.8, 4) is 0 Å². The summed E-state index contributed by atoms with van der Waals surface area (Å²) in [5, 5.41) is 8.25. The van der Waals surface area contributed by atoms with E-state index in [1.165, 1.54) is 23.8 Å². The van der Waals surface area contributed by atoms with E-state index >= 15 is 0 Å². The van der Waals surface area contributed by atoms with Crippen LogP contribution in [0.4, 0.5) is 0 Å². The number of benzene rings is 2. The third-order valence-electron chi connectivity index (χ3n) is 4.01. The molecule has 2 aromatic carbocycles. The van der Waals surface area contributed by atoms with Crippen molar-refractivity contribution >= 4 is 40.9 Å². The van der Waals surface area contributed by atoms with Crippen molar-refractivity contribution in [3.05, 3.63) is 69.2 Å². The van der Waals surface area contributed by atoms with Gasteiger partial charge in [0.2, 0.25) is 11.8 Å². The van der Waals surface area contributed by atoms with Gasteiger partial charge in [0.15, 0.2) is 0 Å². The van der Waals surface area contributed by atoms with Crippen LogP contribution in [0, 0.1) is 6.92 Å². The van der Waals surface area contributed by atoms with Gasteiger partial charge in [-0.25, -0.2) is 0 Å². The fourth-order valence-electron chi connectivity index (χ4n) is 2.46. The summed E-state index contributed by atoms with van der Waals surface area (Å²) in [7, 11) is 0. The van der Waals surface area contributed by atoms with Crippen LogP contribution < -0.4 is 16.0 Å². The van der Waals surface area contributed by atoms with Gasteiger partial charge in [-0.05, 0) is 42.7 Å². The van der Waals surface area contributed by atoms with Crippen molar-refractivity contribution in [3.63, 3.8) is 0 Å². The molecular formula is C20H21Cl2N3O3. The molecule has 28 heavy (non-hydrogen) atoms. The lowest BCUT2D eigenvalue weighted by atomic mass is 10.1. The predicted octanol–water partition coefficient (Wildman–Crippen LogP) is 2.51. The van der Waals surface area contributed by atoms with E-state index in [0.29, 0.717) is 18.0 Å². The molecule has 0 aromatic heterocycles. The SMILES string of the molecule is Cc1ccccc1CCNC(=O)CNC(=O)CNC(=O)c1ccc(Cl)cc1Cl. The molecule has 148 valence electrons. The highest BCUT2D eigenvalue weighted by atomic mass is 35.5. The Morgan fingerprint density at radius 1 is 0.893 bits per heavy atom. The van der Waals surface area contributed by atoms with E-state index < -0.39 is 11.8 Å². The second-order valence-electron chi connectivity index (χ2n) is 6.11. The minimum atomic E-state index is -0.500. The zero-order valence-electron chi connectivity index (χ0n) is 15.4. The van der Waals surface area contributed by atoms with Crippen LogP contribution in [-0.2, 0) is 16.0 Å². The Morgan fingerprint density at radius 3 is 2.29 bits per heavy atom. The number of carbonyl (C=O) groups is 3. The van der Waals surface area contributed by atoms with Gasteiger partial charge in [-0.15, -0.1) is 0 Å². The minimum absolute atomic E-state index is 0.163. The van der Waals surface area contributed by atoms with Crippen LogP contribution in [-0.4, -0.2) is 37.4 Å². The summed E-state index contributed by atoms with van der Waals surface area (Å²) in [6, 6.07) is 12.4. The van der Waals surface area contributed by atoms with Crippen LogP contribution in [0.3, 0.4) is 0 Å². The Balaban J connectivity index is 1.67. The smallest absolute Gasteiger partial charge is 0.253 e. The average molecular weight is 422 g/mol. The molecule has 3 amide bonds. The summed E-state index contributed by atoms with van der Waals surface area (Å²) in [5.41, 5.74) is 2.55. The molecule has 2 aromatic rings. The Kier molecular flexibility index (Phi) is 8.29. The topological polar surface area (TPSA) is 87.3 Å². The molecule has 0 atom stereocenters.